The summed E-state index contributed by atoms with van der Waals surface area (Å²) in [7, 11) is 0. The minimum atomic E-state index is 0.685. The summed E-state index contributed by atoms with van der Waals surface area (Å²) in [5.41, 5.74) is 5.28. The SMILES string of the molecule is CCONCc1ccc2cc[nH]c2c1. The van der Waals surface area contributed by atoms with Gasteiger partial charge in [-0.2, -0.15) is 5.48 Å². The van der Waals surface area contributed by atoms with E-state index in [9.17, 15) is 0 Å². The van der Waals surface area contributed by atoms with Gasteiger partial charge in [-0.25, -0.2) is 0 Å². The van der Waals surface area contributed by atoms with Crippen molar-refractivity contribution in [1.29, 1.82) is 0 Å². The van der Waals surface area contributed by atoms with Crippen LogP contribution in [0.4, 0.5) is 0 Å². The van der Waals surface area contributed by atoms with Gasteiger partial charge in [0.1, 0.15) is 0 Å². The molecule has 3 heteroatoms. The fourth-order valence-corrected chi connectivity index (χ4v) is 1.44. The highest BCUT2D eigenvalue weighted by Crippen LogP contribution is 2.13. The van der Waals surface area contributed by atoms with Gasteiger partial charge in [-0.15, -0.1) is 0 Å². The van der Waals surface area contributed by atoms with Crippen molar-refractivity contribution in [3.63, 3.8) is 0 Å². The number of hydrogen-bond donors (Lipinski definition) is 2. The maximum Gasteiger partial charge on any atom is 0.0654 e. The first-order valence-corrected chi connectivity index (χ1v) is 4.81. The number of H-pyrrole nitrogens is 1. The van der Waals surface area contributed by atoms with Gasteiger partial charge in [0.05, 0.1) is 6.61 Å². The molecule has 3 nitrogen and oxygen atoms in total. The Labute approximate surface area is 83.0 Å². The molecule has 74 valence electrons. The van der Waals surface area contributed by atoms with Crippen LogP contribution in [0.25, 0.3) is 10.9 Å². The van der Waals surface area contributed by atoms with Crippen LogP contribution in [0.1, 0.15) is 12.5 Å². The zero-order valence-corrected chi connectivity index (χ0v) is 8.21. The average Bonchev–Trinajstić information content (AvgIpc) is 2.65. The molecule has 1 aromatic heterocycles. The van der Waals surface area contributed by atoms with Crippen LogP contribution in [-0.2, 0) is 11.4 Å². The van der Waals surface area contributed by atoms with E-state index in [1.54, 1.807) is 0 Å². The molecule has 0 spiro atoms. The first-order chi connectivity index (χ1) is 6.90. The van der Waals surface area contributed by atoms with Crippen LogP contribution in [-0.4, -0.2) is 11.6 Å². The fourth-order valence-electron chi connectivity index (χ4n) is 1.44. The van der Waals surface area contributed by atoms with Crippen LogP contribution >= 0.6 is 0 Å². The lowest BCUT2D eigenvalue weighted by atomic mass is 10.2. The van der Waals surface area contributed by atoms with Crippen molar-refractivity contribution in [2.45, 2.75) is 13.5 Å². The van der Waals surface area contributed by atoms with Gasteiger partial charge in [0, 0.05) is 18.3 Å². The number of hydrogen-bond acceptors (Lipinski definition) is 2. The summed E-state index contributed by atoms with van der Waals surface area (Å²) in [6.07, 6.45) is 1.95. The molecule has 0 atom stereocenters. The Morgan fingerprint density at radius 1 is 1.36 bits per heavy atom. The van der Waals surface area contributed by atoms with E-state index in [1.165, 1.54) is 16.5 Å². The number of hydroxylamine groups is 1. The summed E-state index contributed by atoms with van der Waals surface area (Å²) in [6.45, 7) is 3.38. The molecule has 0 radical (unpaired) electrons. The van der Waals surface area contributed by atoms with Gasteiger partial charge in [-0.1, -0.05) is 12.1 Å². The van der Waals surface area contributed by atoms with Crippen LogP contribution < -0.4 is 5.48 Å². The van der Waals surface area contributed by atoms with Gasteiger partial charge in [-0.05, 0) is 30.0 Å². The van der Waals surface area contributed by atoms with Crippen molar-refractivity contribution in [2.24, 2.45) is 0 Å². The monoisotopic (exact) mass is 190 g/mol. The molecule has 1 heterocycles. The lowest BCUT2D eigenvalue weighted by Gasteiger charge is -2.03. The standard InChI is InChI=1S/C11H14N2O/c1-2-14-13-8-9-3-4-10-5-6-12-11(10)7-9/h3-7,12-13H,2,8H2,1H3. The smallest absolute Gasteiger partial charge is 0.0654 e. The fraction of sp³-hybridized carbons (Fsp3) is 0.273. The molecule has 0 unspecified atom stereocenters. The van der Waals surface area contributed by atoms with Gasteiger partial charge in [0.2, 0.25) is 0 Å². The molecule has 0 aliphatic rings. The van der Waals surface area contributed by atoms with Crippen LogP contribution in [0, 0.1) is 0 Å². The number of aromatic nitrogens is 1. The highest BCUT2D eigenvalue weighted by molar-refractivity contribution is 5.79. The van der Waals surface area contributed by atoms with E-state index in [0.29, 0.717) is 6.61 Å². The Kier molecular flexibility index (Phi) is 2.81. The first kappa shape index (κ1) is 9.24. The third-order valence-electron chi connectivity index (χ3n) is 2.14. The number of aromatic amines is 1. The van der Waals surface area contributed by atoms with E-state index < -0.39 is 0 Å². The predicted molar refractivity (Wildman–Crippen MR) is 56.8 cm³/mol. The Morgan fingerprint density at radius 3 is 3.14 bits per heavy atom. The van der Waals surface area contributed by atoms with Gasteiger partial charge in [0.25, 0.3) is 0 Å². The van der Waals surface area contributed by atoms with Gasteiger partial charge >= 0.3 is 0 Å². The molecule has 2 N–H and O–H groups in total. The second kappa shape index (κ2) is 4.26. The summed E-state index contributed by atoms with van der Waals surface area (Å²) >= 11 is 0. The lowest BCUT2D eigenvalue weighted by Crippen LogP contribution is -2.13. The van der Waals surface area contributed by atoms with Crippen molar-refractivity contribution in [1.82, 2.24) is 10.5 Å². The zero-order valence-electron chi connectivity index (χ0n) is 8.21. The maximum absolute atomic E-state index is 5.07. The molecule has 0 saturated carbocycles. The third kappa shape index (κ3) is 1.95. The van der Waals surface area contributed by atoms with Crippen LogP contribution in [0.5, 0.6) is 0 Å². The molecule has 2 aromatic rings. The second-order valence-electron chi connectivity index (χ2n) is 3.15. The van der Waals surface area contributed by atoms with Crippen molar-refractivity contribution >= 4 is 10.9 Å². The molecular formula is C11H14N2O. The number of nitrogens with one attached hydrogen (secondary N) is 2. The molecule has 0 amide bonds. The van der Waals surface area contributed by atoms with Crippen LogP contribution in [0.2, 0.25) is 0 Å². The Hall–Kier alpha value is -1.32. The van der Waals surface area contributed by atoms with E-state index in [2.05, 4.69) is 34.7 Å². The van der Waals surface area contributed by atoms with Crippen LogP contribution in [0.15, 0.2) is 30.5 Å². The van der Waals surface area contributed by atoms with Crippen molar-refractivity contribution < 1.29 is 4.84 Å². The number of fused-ring (bicyclic) bond motifs is 1. The highest BCUT2D eigenvalue weighted by Gasteiger charge is 1.96. The largest absolute Gasteiger partial charge is 0.361 e. The topological polar surface area (TPSA) is 37.0 Å². The minimum Gasteiger partial charge on any atom is -0.361 e. The quantitative estimate of drug-likeness (QED) is 0.573. The Balaban J connectivity index is 2.10. The first-order valence-electron chi connectivity index (χ1n) is 4.81. The highest BCUT2D eigenvalue weighted by atomic mass is 16.6. The molecule has 2 rings (SSSR count). The molecule has 0 saturated heterocycles. The molecule has 0 aliphatic carbocycles. The van der Waals surface area contributed by atoms with Gasteiger partial charge < -0.3 is 9.82 Å². The molecule has 0 aliphatic heterocycles. The average molecular weight is 190 g/mol. The zero-order chi connectivity index (χ0) is 9.80. The van der Waals surface area contributed by atoms with Crippen molar-refractivity contribution in [3.05, 3.63) is 36.0 Å². The summed E-state index contributed by atoms with van der Waals surface area (Å²) in [5, 5.41) is 1.24. The van der Waals surface area contributed by atoms with E-state index >= 15 is 0 Å². The molecule has 1 aromatic carbocycles. The number of rotatable bonds is 4. The predicted octanol–water partition coefficient (Wildman–Crippen LogP) is 2.21. The van der Waals surface area contributed by atoms with E-state index in [1.807, 2.05) is 13.1 Å². The second-order valence-corrected chi connectivity index (χ2v) is 3.15. The molecular weight excluding hydrogens is 176 g/mol. The van der Waals surface area contributed by atoms with E-state index in [-0.39, 0.29) is 0 Å². The van der Waals surface area contributed by atoms with E-state index in [4.69, 9.17) is 4.84 Å². The van der Waals surface area contributed by atoms with Gasteiger partial charge in [0.15, 0.2) is 0 Å². The summed E-state index contributed by atoms with van der Waals surface area (Å²) in [6, 6.07) is 8.40. The minimum absolute atomic E-state index is 0.685. The van der Waals surface area contributed by atoms with Crippen LogP contribution in [0.3, 0.4) is 0 Å². The summed E-state index contributed by atoms with van der Waals surface area (Å²) in [5.74, 6) is 0. The van der Waals surface area contributed by atoms with E-state index in [0.717, 1.165) is 6.54 Å². The van der Waals surface area contributed by atoms with Crippen molar-refractivity contribution in [2.75, 3.05) is 6.61 Å². The van der Waals surface area contributed by atoms with Crippen molar-refractivity contribution in [3.8, 4) is 0 Å². The Morgan fingerprint density at radius 2 is 2.29 bits per heavy atom. The Bertz CT molecular complexity index is 408. The molecule has 0 bridgehead atoms. The normalized spacial score (nSPS) is 10.9. The molecule has 0 fully saturated rings. The summed E-state index contributed by atoms with van der Waals surface area (Å²) in [4.78, 5) is 8.25. The third-order valence-corrected chi connectivity index (χ3v) is 2.14. The van der Waals surface area contributed by atoms with Gasteiger partial charge in [-0.3, -0.25) is 0 Å². The molecule has 14 heavy (non-hydrogen) atoms. The summed E-state index contributed by atoms with van der Waals surface area (Å²) < 4.78 is 0. The maximum atomic E-state index is 5.07. The number of benzene rings is 1. The lowest BCUT2D eigenvalue weighted by molar-refractivity contribution is 0.0463.